The SMILES string of the molecule is O=C(Nc1ccc(I)cn1)c1cnns1. The lowest BCUT2D eigenvalue weighted by atomic mass is 10.4. The predicted octanol–water partition coefficient (Wildman–Crippen LogP) is 1.79. The molecule has 0 unspecified atom stereocenters. The molecule has 1 N–H and O–H groups in total. The topological polar surface area (TPSA) is 67.8 Å². The third-order valence-electron chi connectivity index (χ3n) is 1.55. The second kappa shape index (κ2) is 4.62. The zero-order valence-electron chi connectivity index (χ0n) is 7.35. The normalized spacial score (nSPS) is 9.93. The Morgan fingerprint density at radius 3 is 2.87 bits per heavy atom. The van der Waals surface area contributed by atoms with Crippen LogP contribution >= 0.6 is 34.1 Å². The Labute approximate surface area is 103 Å². The molecule has 0 atom stereocenters. The van der Waals surface area contributed by atoms with Crippen LogP contribution in [-0.4, -0.2) is 20.5 Å². The number of nitrogens with zero attached hydrogens (tertiary/aromatic N) is 3. The van der Waals surface area contributed by atoms with Gasteiger partial charge in [0.15, 0.2) is 0 Å². The van der Waals surface area contributed by atoms with Gasteiger partial charge in [-0.2, -0.15) is 0 Å². The fraction of sp³-hybridized carbons (Fsp3) is 0. The predicted molar refractivity (Wildman–Crippen MR) is 64.8 cm³/mol. The molecular formula is C8H5IN4OS. The Morgan fingerprint density at radius 2 is 2.27 bits per heavy atom. The number of carbonyl (C=O) groups is 1. The number of amides is 1. The molecule has 0 aliphatic carbocycles. The summed E-state index contributed by atoms with van der Waals surface area (Å²) in [4.78, 5) is 16.1. The molecule has 0 saturated carbocycles. The van der Waals surface area contributed by atoms with E-state index in [0.29, 0.717) is 10.7 Å². The fourth-order valence-corrected chi connectivity index (χ4v) is 1.62. The van der Waals surface area contributed by atoms with Gasteiger partial charge in [-0.15, -0.1) is 5.10 Å². The summed E-state index contributed by atoms with van der Waals surface area (Å²) in [5, 5.41) is 6.23. The molecule has 2 rings (SSSR count). The van der Waals surface area contributed by atoms with E-state index in [1.807, 2.05) is 6.07 Å². The zero-order chi connectivity index (χ0) is 10.7. The van der Waals surface area contributed by atoms with Crippen molar-refractivity contribution in [1.82, 2.24) is 14.6 Å². The van der Waals surface area contributed by atoms with Crippen LogP contribution in [0.1, 0.15) is 9.67 Å². The number of rotatable bonds is 2. The van der Waals surface area contributed by atoms with Crippen LogP contribution in [-0.2, 0) is 0 Å². The number of aromatic nitrogens is 3. The molecule has 0 saturated heterocycles. The summed E-state index contributed by atoms with van der Waals surface area (Å²) in [6.45, 7) is 0. The molecule has 2 aromatic rings. The monoisotopic (exact) mass is 332 g/mol. The second-order valence-corrected chi connectivity index (χ2v) is 4.63. The Hall–Kier alpha value is -1.09. The summed E-state index contributed by atoms with van der Waals surface area (Å²) < 4.78 is 4.63. The molecule has 1 amide bonds. The summed E-state index contributed by atoms with van der Waals surface area (Å²) in [6.07, 6.45) is 3.10. The number of halogens is 1. The van der Waals surface area contributed by atoms with E-state index in [2.05, 4.69) is 42.5 Å². The van der Waals surface area contributed by atoms with Crippen molar-refractivity contribution in [2.24, 2.45) is 0 Å². The largest absolute Gasteiger partial charge is 0.306 e. The van der Waals surface area contributed by atoms with Crippen LogP contribution in [0.25, 0.3) is 0 Å². The lowest BCUT2D eigenvalue weighted by molar-refractivity contribution is 0.103. The van der Waals surface area contributed by atoms with E-state index in [-0.39, 0.29) is 5.91 Å². The second-order valence-electron chi connectivity index (χ2n) is 2.60. The van der Waals surface area contributed by atoms with Gasteiger partial charge in [0.25, 0.3) is 5.91 Å². The van der Waals surface area contributed by atoms with Gasteiger partial charge >= 0.3 is 0 Å². The van der Waals surface area contributed by atoms with Crippen molar-refractivity contribution in [3.63, 3.8) is 0 Å². The quantitative estimate of drug-likeness (QED) is 0.852. The van der Waals surface area contributed by atoms with Crippen LogP contribution in [0.3, 0.4) is 0 Å². The Bertz CT molecular complexity index is 456. The molecule has 0 fully saturated rings. The van der Waals surface area contributed by atoms with E-state index in [4.69, 9.17) is 0 Å². The summed E-state index contributed by atoms with van der Waals surface area (Å²) >= 11 is 3.20. The molecular weight excluding hydrogens is 327 g/mol. The van der Waals surface area contributed by atoms with E-state index in [9.17, 15) is 4.79 Å². The Morgan fingerprint density at radius 1 is 1.40 bits per heavy atom. The number of hydrogen-bond donors (Lipinski definition) is 1. The van der Waals surface area contributed by atoms with Crippen molar-refractivity contribution in [1.29, 1.82) is 0 Å². The van der Waals surface area contributed by atoms with Gasteiger partial charge in [-0.3, -0.25) is 4.79 Å². The van der Waals surface area contributed by atoms with Gasteiger partial charge in [-0.25, -0.2) is 4.98 Å². The zero-order valence-corrected chi connectivity index (χ0v) is 10.3. The third-order valence-corrected chi connectivity index (χ3v) is 2.86. The Balaban J connectivity index is 2.09. The number of anilines is 1. The molecule has 7 heteroatoms. The van der Waals surface area contributed by atoms with Crippen LogP contribution in [0.15, 0.2) is 24.5 Å². The maximum atomic E-state index is 11.5. The summed E-state index contributed by atoms with van der Waals surface area (Å²) in [7, 11) is 0. The van der Waals surface area contributed by atoms with Gasteiger partial charge in [0.05, 0.1) is 6.20 Å². The molecule has 0 radical (unpaired) electrons. The van der Waals surface area contributed by atoms with Crippen LogP contribution in [0.5, 0.6) is 0 Å². The van der Waals surface area contributed by atoms with E-state index < -0.39 is 0 Å². The lowest BCUT2D eigenvalue weighted by Crippen LogP contribution is -2.11. The van der Waals surface area contributed by atoms with Crippen LogP contribution < -0.4 is 5.32 Å². The molecule has 5 nitrogen and oxygen atoms in total. The first kappa shape index (κ1) is 10.4. The van der Waals surface area contributed by atoms with E-state index >= 15 is 0 Å². The molecule has 0 aromatic carbocycles. The van der Waals surface area contributed by atoms with Crippen molar-refractivity contribution in [2.75, 3.05) is 5.32 Å². The number of pyridine rings is 1. The maximum absolute atomic E-state index is 11.5. The average molecular weight is 332 g/mol. The summed E-state index contributed by atoms with van der Waals surface area (Å²) in [5.74, 6) is 0.285. The van der Waals surface area contributed by atoms with Crippen molar-refractivity contribution >= 4 is 45.8 Å². The fourth-order valence-electron chi connectivity index (χ4n) is 0.895. The first-order valence-corrected chi connectivity index (χ1v) is 5.81. The van der Waals surface area contributed by atoms with Crippen molar-refractivity contribution < 1.29 is 4.79 Å². The highest BCUT2D eigenvalue weighted by molar-refractivity contribution is 14.1. The van der Waals surface area contributed by atoms with Gasteiger partial charge in [0, 0.05) is 9.77 Å². The highest BCUT2D eigenvalue weighted by atomic mass is 127. The minimum atomic E-state index is -0.237. The first-order chi connectivity index (χ1) is 7.25. The van der Waals surface area contributed by atoms with Crippen molar-refractivity contribution in [3.05, 3.63) is 33.0 Å². The van der Waals surface area contributed by atoms with E-state index in [1.165, 1.54) is 6.20 Å². The van der Waals surface area contributed by atoms with Gasteiger partial charge in [0.1, 0.15) is 10.7 Å². The first-order valence-electron chi connectivity index (χ1n) is 3.96. The molecule has 2 heterocycles. The molecule has 15 heavy (non-hydrogen) atoms. The molecule has 2 aromatic heterocycles. The van der Waals surface area contributed by atoms with Crippen molar-refractivity contribution in [2.45, 2.75) is 0 Å². The number of carbonyl (C=O) groups excluding carboxylic acids is 1. The lowest BCUT2D eigenvalue weighted by Gasteiger charge is -2.00. The van der Waals surface area contributed by atoms with E-state index in [0.717, 1.165) is 15.1 Å². The number of hydrogen-bond acceptors (Lipinski definition) is 5. The van der Waals surface area contributed by atoms with Crippen molar-refractivity contribution in [3.8, 4) is 0 Å². The minimum absolute atomic E-state index is 0.237. The molecule has 76 valence electrons. The Kier molecular flexibility index (Phi) is 3.21. The van der Waals surface area contributed by atoms with E-state index in [1.54, 1.807) is 12.3 Å². The van der Waals surface area contributed by atoms with Gasteiger partial charge in [-0.05, 0) is 46.3 Å². The standard InChI is InChI=1S/C8H5IN4OS/c9-5-1-2-7(10-3-5)12-8(14)6-4-11-13-15-6/h1-4H,(H,10,12,14). The average Bonchev–Trinajstić information content (AvgIpc) is 2.74. The highest BCUT2D eigenvalue weighted by Crippen LogP contribution is 2.09. The van der Waals surface area contributed by atoms with Crippen LogP contribution in [0.2, 0.25) is 0 Å². The molecule has 0 aliphatic rings. The summed E-state index contributed by atoms with van der Waals surface area (Å²) in [5.41, 5.74) is 0. The minimum Gasteiger partial charge on any atom is -0.306 e. The molecule has 0 bridgehead atoms. The molecule has 0 aliphatic heterocycles. The third kappa shape index (κ3) is 2.69. The van der Waals surface area contributed by atoms with Crippen LogP contribution in [0.4, 0.5) is 5.82 Å². The summed E-state index contributed by atoms with van der Waals surface area (Å²) in [6, 6.07) is 3.61. The van der Waals surface area contributed by atoms with Gasteiger partial charge in [0.2, 0.25) is 0 Å². The number of nitrogens with one attached hydrogen (secondary N) is 1. The van der Waals surface area contributed by atoms with Gasteiger partial charge < -0.3 is 5.32 Å². The van der Waals surface area contributed by atoms with Crippen LogP contribution in [0, 0.1) is 3.57 Å². The molecule has 0 spiro atoms. The smallest absolute Gasteiger partial charge is 0.270 e. The maximum Gasteiger partial charge on any atom is 0.270 e. The highest BCUT2D eigenvalue weighted by Gasteiger charge is 2.08. The van der Waals surface area contributed by atoms with Gasteiger partial charge in [-0.1, -0.05) is 4.49 Å².